The van der Waals surface area contributed by atoms with Crippen LogP contribution >= 0.6 is 22.6 Å². The second-order valence-electron chi connectivity index (χ2n) is 6.07. The molecule has 0 saturated heterocycles. The van der Waals surface area contributed by atoms with E-state index >= 15 is 0 Å². The minimum absolute atomic E-state index is 0.0502. The standard InChI is InChI=1S/C18H21IN2O3/c1-11-5-3-4-6-15(11)21-18(23)13(10-20)7-12-8-14(19)17(22)16(9-12)24-2/h7-9,11,15,22H,3-6H2,1-2H3,(H,21,23)/b13-7+/t11-,15-/m1/s1. The Morgan fingerprint density at radius 2 is 2.17 bits per heavy atom. The number of hydrogen-bond acceptors (Lipinski definition) is 4. The lowest BCUT2D eigenvalue weighted by Crippen LogP contribution is -2.41. The molecule has 2 rings (SSSR count). The van der Waals surface area contributed by atoms with Crippen LogP contribution in [0.4, 0.5) is 0 Å². The first-order valence-corrected chi connectivity index (χ1v) is 9.03. The molecule has 0 aromatic heterocycles. The third-order valence-electron chi connectivity index (χ3n) is 4.37. The minimum atomic E-state index is -0.349. The van der Waals surface area contributed by atoms with Crippen LogP contribution in [0, 0.1) is 20.8 Å². The average Bonchev–Trinajstić information content (AvgIpc) is 2.57. The number of nitriles is 1. The van der Waals surface area contributed by atoms with Gasteiger partial charge in [0, 0.05) is 6.04 Å². The van der Waals surface area contributed by atoms with Crippen molar-refractivity contribution in [1.82, 2.24) is 5.32 Å². The van der Waals surface area contributed by atoms with Crippen LogP contribution in [0.3, 0.4) is 0 Å². The summed E-state index contributed by atoms with van der Waals surface area (Å²) in [4.78, 5) is 12.4. The monoisotopic (exact) mass is 440 g/mol. The lowest BCUT2D eigenvalue weighted by Gasteiger charge is -2.29. The van der Waals surface area contributed by atoms with Crippen LogP contribution < -0.4 is 10.1 Å². The van der Waals surface area contributed by atoms with Crippen molar-refractivity contribution in [2.45, 2.75) is 38.6 Å². The van der Waals surface area contributed by atoms with E-state index < -0.39 is 0 Å². The van der Waals surface area contributed by atoms with Gasteiger partial charge in [0.05, 0.1) is 10.7 Å². The molecule has 0 spiro atoms. The van der Waals surface area contributed by atoms with Crippen LogP contribution in [0.2, 0.25) is 0 Å². The number of ether oxygens (including phenoxy) is 1. The number of phenolic OH excluding ortho intramolecular Hbond substituents is 1. The number of rotatable bonds is 4. The fourth-order valence-electron chi connectivity index (χ4n) is 2.92. The molecule has 2 N–H and O–H groups in total. The van der Waals surface area contributed by atoms with Crippen molar-refractivity contribution in [1.29, 1.82) is 5.26 Å². The number of carbonyl (C=O) groups excluding carboxylic acids is 1. The van der Waals surface area contributed by atoms with Gasteiger partial charge >= 0.3 is 0 Å². The van der Waals surface area contributed by atoms with Crippen molar-refractivity contribution < 1.29 is 14.6 Å². The van der Waals surface area contributed by atoms with Gasteiger partial charge in [-0.3, -0.25) is 4.79 Å². The van der Waals surface area contributed by atoms with E-state index in [0.717, 1.165) is 19.3 Å². The predicted molar refractivity (Wildman–Crippen MR) is 101 cm³/mol. The number of benzene rings is 1. The number of phenols is 1. The van der Waals surface area contributed by atoms with E-state index in [0.29, 0.717) is 20.8 Å². The van der Waals surface area contributed by atoms with Gasteiger partial charge < -0.3 is 15.2 Å². The predicted octanol–water partition coefficient (Wildman–Crippen LogP) is 3.61. The first-order valence-electron chi connectivity index (χ1n) is 7.95. The van der Waals surface area contributed by atoms with Gasteiger partial charge in [-0.25, -0.2) is 0 Å². The molecule has 1 fully saturated rings. The van der Waals surface area contributed by atoms with Gasteiger partial charge in [-0.15, -0.1) is 0 Å². The maximum atomic E-state index is 12.4. The Balaban J connectivity index is 2.21. The summed E-state index contributed by atoms with van der Waals surface area (Å²) < 4.78 is 5.70. The quantitative estimate of drug-likeness (QED) is 0.426. The van der Waals surface area contributed by atoms with Crippen molar-refractivity contribution in [3.05, 3.63) is 26.8 Å². The number of amides is 1. The lowest BCUT2D eigenvalue weighted by atomic mass is 9.86. The summed E-state index contributed by atoms with van der Waals surface area (Å²) in [6, 6.07) is 5.40. The molecule has 128 valence electrons. The summed E-state index contributed by atoms with van der Waals surface area (Å²) in [7, 11) is 1.46. The summed E-state index contributed by atoms with van der Waals surface area (Å²) in [5.41, 5.74) is 0.689. The molecule has 1 aromatic carbocycles. The zero-order valence-electron chi connectivity index (χ0n) is 13.8. The normalized spacial score (nSPS) is 21.0. The number of hydrogen-bond donors (Lipinski definition) is 2. The largest absolute Gasteiger partial charge is 0.504 e. The Morgan fingerprint density at radius 1 is 1.46 bits per heavy atom. The highest BCUT2D eigenvalue weighted by atomic mass is 127. The van der Waals surface area contributed by atoms with Gasteiger partial charge in [0.1, 0.15) is 11.6 Å². The molecule has 1 aliphatic rings. The number of halogens is 1. The van der Waals surface area contributed by atoms with E-state index in [1.807, 2.05) is 28.7 Å². The number of nitrogens with one attached hydrogen (secondary N) is 1. The van der Waals surface area contributed by atoms with Gasteiger partial charge in [0.15, 0.2) is 11.5 Å². The third kappa shape index (κ3) is 4.41. The summed E-state index contributed by atoms with van der Waals surface area (Å²) in [5.74, 6) is 0.441. The highest BCUT2D eigenvalue weighted by Gasteiger charge is 2.24. The summed E-state index contributed by atoms with van der Waals surface area (Å²) in [6.07, 6.45) is 5.88. The number of methoxy groups -OCH3 is 1. The first kappa shape index (κ1) is 18.6. The Hall–Kier alpha value is -1.75. The molecule has 1 amide bonds. The van der Waals surface area contributed by atoms with Crippen molar-refractivity contribution in [2.75, 3.05) is 7.11 Å². The van der Waals surface area contributed by atoms with Crippen molar-refractivity contribution in [3.63, 3.8) is 0 Å². The molecule has 2 atom stereocenters. The average molecular weight is 440 g/mol. The molecule has 1 aliphatic carbocycles. The molecule has 1 saturated carbocycles. The van der Waals surface area contributed by atoms with E-state index in [9.17, 15) is 15.2 Å². The van der Waals surface area contributed by atoms with E-state index in [2.05, 4.69) is 12.2 Å². The molecule has 6 heteroatoms. The van der Waals surface area contributed by atoms with Crippen LogP contribution in [0.1, 0.15) is 38.2 Å². The zero-order valence-corrected chi connectivity index (χ0v) is 16.0. The second-order valence-corrected chi connectivity index (χ2v) is 7.23. The third-order valence-corrected chi connectivity index (χ3v) is 5.20. The Morgan fingerprint density at radius 3 is 2.79 bits per heavy atom. The number of nitrogens with zero attached hydrogens (tertiary/aromatic N) is 1. The van der Waals surface area contributed by atoms with Crippen molar-refractivity contribution in [3.8, 4) is 17.6 Å². The van der Waals surface area contributed by atoms with Crippen LogP contribution in [0.15, 0.2) is 17.7 Å². The van der Waals surface area contributed by atoms with Crippen molar-refractivity contribution >= 4 is 34.6 Å². The fraction of sp³-hybridized carbons (Fsp3) is 0.444. The van der Waals surface area contributed by atoms with Gasteiger partial charge in [-0.1, -0.05) is 19.8 Å². The van der Waals surface area contributed by atoms with Crippen LogP contribution in [0.25, 0.3) is 6.08 Å². The molecule has 0 unspecified atom stereocenters. The van der Waals surface area contributed by atoms with Crippen LogP contribution in [0.5, 0.6) is 11.5 Å². The van der Waals surface area contributed by atoms with E-state index in [1.165, 1.54) is 19.6 Å². The van der Waals surface area contributed by atoms with Crippen LogP contribution in [-0.4, -0.2) is 24.2 Å². The van der Waals surface area contributed by atoms with Gasteiger partial charge in [-0.2, -0.15) is 5.26 Å². The molecule has 1 aromatic rings. The minimum Gasteiger partial charge on any atom is -0.504 e. The molecule has 0 radical (unpaired) electrons. The number of carbonyl (C=O) groups is 1. The second kappa shape index (κ2) is 8.38. The van der Waals surface area contributed by atoms with E-state index in [4.69, 9.17) is 4.74 Å². The summed E-state index contributed by atoms with van der Waals surface area (Å²) in [6.45, 7) is 2.13. The summed E-state index contributed by atoms with van der Waals surface area (Å²) >= 11 is 1.98. The summed E-state index contributed by atoms with van der Waals surface area (Å²) in [5, 5.41) is 22.2. The van der Waals surface area contributed by atoms with Gasteiger partial charge in [-0.05, 0) is 65.1 Å². The molecular formula is C18H21IN2O3. The van der Waals surface area contributed by atoms with E-state index in [-0.39, 0.29) is 23.3 Å². The van der Waals surface area contributed by atoms with Gasteiger partial charge in [0.25, 0.3) is 5.91 Å². The molecule has 5 nitrogen and oxygen atoms in total. The number of aromatic hydroxyl groups is 1. The maximum absolute atomic E-state index is 12.4. The van der Waals surface area contributed by atoms with Crippen molar-refractivity contribution in [2.24, 2.45) is 5.92 Å². The fourth-order valence-corrected chi connectivity index (χ4v) is 3.55. The SMILES string of the molecule is COc1cc(/C=C(\C#N)C(=O)N[C@@H]2CCCC[C@H]2C)cc(I)c1O. The molecule has 0 aliphatic heterocycles. The highest BCUT2D eigenvalue weighted by Crippen LogP contribution is 2.33. The Bertz CT molecular complexity index is 694. The van der Waals surface area contributed by atoms with Gasteiger partial charge in [0.2, 0.25) is 0 Å². The Kier molecular flexibility index (Phi) is 6.49. The highest BCUT2D eigenvalue weighted by molar-refractivity contribution is 14.1. The molecule has 0 bridgehead atoms. The van der Waals surface area contributed by atoms with E-state index in [1.54, 1.807) is 12.1 Å². The topological polar surface area (TPSA) is 82.3 Å². The first-order chi connectivity index (χ1) is 11.5. The molecular weight excluding hydrogens is 419 g/mol. The smallest absolute Gasteiger partial charge is 0.262 e. The zero-order chi connectivity index (χ0) is 17.7. The molecule has 0 heterocycles. The van der Waals surface area contributed by atoms with Crippen LogP contribution in [-0.2, 0) is 4.79 Å². The lowest BCUT2D eigenvalue weighted by molar-refractivity contribution is -0.118. The Labute approximate surface area is 155 Å². The maximum Gasteiger partial charge on any atom is 0.262 e. The molecule has 24 heavy (non-hydrogen) atoms.